The van der Waals surface area contributed by atoms with E-state index in [4.69, 9.17) is 5.26 Å². The molecule has 1 aromatic rings. The van der Waals surface area contributed by atoms with Crippen LogP contribution in [0, 0.1) is 11.3 Å². The van der Waals surface area contributed by atoms with E-state index in [1.54, 1.807) is 13.1 Å². The van der Waals surface area contributed by atoms with Gasteiger partial charge in [0, 0.05) is 7.05 Å². The van der Waals surface area contributed by atoms with Crippen LogP contribution in [0.4, 0.5) is 5.95 Å². The summed E-state index contributed by atoms with van der Waals surface area (Å²) in [7, 11) is 1.65. The Bertz CT molecular complexity index is 323. The summed E-state index contributed by atoms with van der Waals surface area (Å²) in [6.07, 6.45) is 1.15. The van der Waals surface area contributed by atoms with Crippen LogP contribution in [0.1, 0.15) is 6.42 Å². The smallest absolute Gasteiger partial charge is 0.240 e. The molecule has 1 amide bonds. The number of carbonyl (C=O) groups excluding carboxylic acids is 1. The summed E-state index contributed by atoms with van der Waals surface area (Å²) in [5, 5.41) is 14.3. The van der Waals surface area contributed by atoms with Crippen molar-refractivity contribution in [3.63, 3.8) is 0 Å². The van der Waals surface area contributed by atoms with Crippen LogP contribution in [0.25, 0.3) is 0 Å². The van der Waals surface area contributed by atoms with Gasteiger partial charge in [0.1, 0.15) is 12.7 Å². The Hall–Kier alpha value is -1.90. The molecule has 62 valence electrons. The number of nitriles is 1. The van der Waals surface area contributed by atoms with Crippen molar-refractivity contribution in [3.8, 4) is 6.07 Å². The quantitative estimate of drug-likeness (QED) is 0.650. The van der Waals surface area contributed by atoms with Crippen LogP contribution >= 0.6 is 0 Å². The van der Waals surface area contributed by atoms with Gasteiger partial charge in [0.15, 0.2) is 0 Å². The molecular weight excluding hydrogens is 158 g/mol. The largest absolute Gasteiger partial charge is 0.294 e. The van der Waals surface area contributed by atoms with Gasteiger partial charge in [-0.3, -0.25) is 10.1 Å². The van der Waals surface area contributed by atoms with Crippen molar-refractivity contribution in [1.82, 2.24) is 14.8 Å². The van der Waals surface area contributed by atoms with Gasteiger partial charge in [-0.25, -0.2) is 4.68 Å². The van der Waals surface area contributed by atoms with Gasteiger partial charge in [-0.05, 0) is 0 Å². The third-order valence-corrected chi connectivity index (χ3v) is 1.20. The fourth-order valence-electron chi connectivity index (χ4n) is 0.650. The van der Waals surface area contributed by atoms with Crippen molar-refractivity contribution in [1.29, 1.82) is 5.26 Å². The van der Waals surface area contributed by atoms with Crippen LogP contribution < -0.4 is 5.32 Å². The summed E-state index contributed by atoms with van der Waals surface area (Å²) >= 11 is 0. The molecule has 0 radical (unpaired) electrons. The predicted octanol–water partition coefficient (Wildman–Crippen LogP) is -0.333. The Balaban J connectivity index is 2.59. The normalized spacial score (nSPS) is 9.00. The minimum Gasteiger partial charge on any atom is -0.294 e. The van der Waals surface area contributed by atoms with Crippen molar-refractivity contribution in [2.75, 3.05) is 5.32 Å². The third-order valence-electron chi connectivity index (χ3n) is 1.20. The zero-order valence-electron chi connectivity index (χ0n) is 6.48. The van der Waals surface area contributed by atoms with Gasteiger partial charge in [0.25, 0.3) is 0 Å². The van der Waals surface area contributed by atoms with Crippen LogP contribution in [0.5, 0.6) is 0 Å². The van der Waals surface area contributed by atoms with Crippen molar-refractivity contribution < 1.29 is 4.79 Å². The van der Waals surface area contributed by atoms with Gasteiger partial charge >= 0.3 is 0 Å². The lowest BCUT2D eigenvalue weighted by molar-refractivity contribution is -0.115. The molecule has 1 rings (SSSR count). The fraction of sp³-hybridized carbons (Fsp3) is 0.333. The first-order valence-corrected chi connectivity index (χ1v) is 3.25. The Morgan fingerprint density at radius 2 is 2.67 bits per heavy atom. The van der Waals surface area contributed by atoms with Crippen molar-refractivity contribution in [2.45, 2.75) is 6.42 Å². The number of anilines is 1. The second kappa shape index (κ2) is 3.48. The number of rotatable bonds is 2. The Labute approximate surface area is 68.8 Å². The summed E-state index contributed by atoms with van der Waals surface area (Å²) in [5.41, 5.74) is 0. The lowest BCUT2D eigenvalue weighted by Crippen LogP contribution is -2.13. The van der Waals surface area contributed by atoms with E-state index in [9.17, 15) is 4.79 Å². The molecule has 0 fully saturated rings. The molecule has 6 heteroatoms. The molecule has 0 atom stereocenters. The Morgan fingerprint density at radius 3 is 3.17 bits per heavy atom. The van der Waals surface area contributed by atoms with E-state index in [0.717, 1.165) is 0 Å². The van der Waals surface area contributed by atoms with E-state index in [-0.39, 0.29) is 12.3 Å². The molecule has 0 saturated heterocycles. The highest BCUT2D eigenvalue weighted by molar-refractivity contribution is 5.90. The average Bonchev–Trinajstić information content (AvgIpc) is 2.37. The minimum atomic E-state index is -0.381. The zero-order valence-corrected chi connectivity index (χ0v) is 6.48. The summed E-state index contributed by atoms with van der Waals surface area (Å²) < 4.78 is 1.41. The van der Waals surface area contributed by atoms with Gasteiger partial charge < -0.3 is 0 Å². The molecular formula is C6H7N5O. The summed E-state index contributed by atoms with van der Waals surface area (Å²) in [5.74, 6) is -0.0381. The number of amides is 1. The van der Waals surface area contributed by atoms with Gasteiger partial charge in [-0.15, -0.1) is 0 Å². The van der Waals surface area contributed by atoms with Crippen molar-refractivity contribution in [2.24, 2.45) is 7.05 Å². The van der Waals surface area contributed by atoms with Gasteiger partial charge in [0.2, 0.25) is 11.9 Å². The monoisotopic (exact) mass is 165 g/mol. The Morgan fingerprint density at radius 1 is 1.92 bits per heavy atom. The second-order valence-electron chi connectivity index (χ2n) is 2.09. The van der Waals surface area contributed by atoms with Crippen LogP contribution in [0.3, 0.4) is 0 Å². The second-order valence-corrected chi connectivity index (χ2v) is 2.09. The number of hydrogen-bond donors (Lipinski definition) is 1. The van der Waals surface area contributed by atoms with E-state index in [1.165, 1.54) is 11.0 Å². The molecule has 0 bridgehead atoms. The SMILES string of the molecule is Cn1ncnc1NC(=O)CC#N. The molecule has 0 spiro atoms. The molecule has 0 aromatic carbocycles. The first-order valence-electron chi connectivity index (χ1n) is 3.25. The minimum absolute atomic E-state index is 0.174. The highest BCUT2D eigenvalue weighted by Gasteiger charge is 2.04. The molecule has 6 nitrogen and oxygen atoms in total. The van der Waals surface area contributed by atoms with Gasteiger partial charge in [-0.1, -0.05) is 0 Å². The average molecular weight is 165 g/mol. The predicted molar refractivity (Wildman–Crippen MR) is 39.9 cm³/mol. The maximum atomic E-state index is 10.8. The summed E-state index contributed by atoms with van der Waals surface area (Å²) in [6.45, 7) is 0. The number of nitrogens with zero attached hydrogens (tertiary/aromatic N) is 4. The van der Waals surface area contributed by atoms with E-state index in [1.807, 2.05) is 0 Å². The number of nitrogens with one attached hydrogen (secondary N) is 1. The lowest BCUT2D eigenvalue weighted by atomic mass is 10.4. The molecule has 0 aliphatic carbocycles. The molecule has 0 saturated carbocycles. The highest BCUT2D eigenvalue weighted by Crippen LogP contribution is 1.97. The molecule has 0 unspecified atom stereocenters. The van der Waals surface area contributed by atoms with Crippen LogP contribution in [-0.4, -0.2) is 20.7 Å². The molecule has 0 aliphatic rings. The topological polar surface area (TPSA) is 83.6 Å². The maximum absolute atomic E-state index is 10.8. The van der Waals surface area contributed by atoms with E-state index < -0.39 is 0 Å². The molecule has 0 aliphatic heterocycles. The number of aryl methyl sites for hydroxylation is 1. The van der Waals surface area contributed by atoms with Crippen LogP contribution in [-0.2, 0) is 11.8 Å². The van der Waals surface area contributed by atoms with Crippen LogP contribution in [0.15, 0.2) is 6.33 Å². The molecule has 1 aromatic heterocycles. The van der Waals surface area contributed by atoms with Gasteiger partial charge in [0.05, 0.1) is 6.07 Å². The number of aromatic nitrogens is 3. The fourth-order valence-corrected chi connectivity index (χ4v) is 0.650. The first-order chi connectivity index (χ1) is 5.74. The van der Waals surface area contributed by atoms with Crippen molar-refractivity contribution in [3.05, 3.63) is 6.33 Å². The summed E-state index contributed by atoms with van der Waals surface area (Å²) in [6, 6.07) is 1.73. The molecule has 12 heavy (non-hydrogen) atoms. The summed E-state index contributed by atoms with van der Waals surface area (Å²) in [4.78, 5) is 14.6. The molecule has 1 heterocycles. The number of carbonyl (C=O) groups is 1. The maximum Gasteiger partial charge on any atom is 0.240 e. The van der Waals surface area contributed by atoms with Crippen LogP contribution in [0.2, 0.25) is 0 Å². The Kier molecular flexibility index (Phi) is 2.38. The molecule has 1 N–H and O–H groups in total. The number of hydrogen-bond acceptors (Lipinski definition) is 4. The zero-order chi connectivity index (χ0) is 8.97. The van der Waals surface area contributed by atoms with Gasteiger partial charge in [-0.2, -0.15) is 15.3 Å². The first kappa shape index (κ1) is 8.20. The standard InChI is InChI=1S/C6H7N5O/c1-11-6(8-4-9-11)10-5(12)2-3-7/h4H,2H2,1H3,(H,8,9,10,12). The lowest BCUT2D eigenvalue weighted by Gasteiger charge is -1.98. The van der Waals surface area contributed by atoms with Crippen molar-refractivity contribution >= 4 is 11.9 Å². The van der Waals surface area contributed by atoms with E-state index in [2.05, 4.69) is 15.4 Å². The van der Waals surface area contributed by atoms with E-state index >= 15 is 0 Å². The third kappa shape index (κ3) is 1.79. The highest BCUT2D eigenvalue weighted by atomic mass is 16.1. The van der Waals surface area contributed by atoms with E-state index in [0.29, 0.717) is 5.95 Å².